The Hall–Kier alpha value is -1.88. The molecule has 0 spiro atoms. The fourth-order valence-electron chi connectivity index (χ4n) is 2.30. The Morgan fingerprint density at radius 3 is 2.63 bits per heavy atom. The van der Waals surface area contributed by atoms with Crippen molar-refractivity contribution in [3.8, 4) is 0 Å². The van der Waals surface area contributed by atoms with Gasteiger partial charge in [0.05, 0.1) is 12.5 Å². The van der Waals surface area contributed by atoms with Gasteiger partial charge in [0.2, 0.25) is 5.91 Å². The number of anilines is 1. The first-order chi connectivity index (χ1) is 8.97. The van der Waals surface area contributed by atoms with Crippen LogP contribution in [-0.2, 0) is 9.59 Å². The van der Waals surface area contributed by atoms with E-state index in [0.29, 0.717) is 6.54 Å². The van der Waals surface area contributed by atoms with Crippen LogP contribution in [0.25, 0.3) is 0 Å². The fraction of sp³-hybridized carbons (Fsp3) is 0.429. The van der Waals surface area contributed by atoms with Crippen molar-refractivity contribution in [2.24, 2.45) is 0 Å². The van der Waals surface area contributed by atoms with Gasteiger partial charge in [0, 0.05) is 18.3 Å². The van der Waals surface area contributed by atoms with Crippen LogP contribution in [-0.4, -0.2) is 35.6 Å². The maximum Gasteiger partial charge on any atom is 0.305 e. The summed E-state index contributed by atoms with van der Waals surface area (Å²) in [5.74, 6) is -1.15. The summed E-state index contributed by atoms with van der Waals surface area (Å²) < 4.78 is 0. The zero-order valence-corrected chi connectivity index (χ0v) is 11.1. The summed E-state index contributed by atoms with van der Waals surface area (Å²) in [6.45, 7) is 4.49. The molecule has 0 bridgehead atoms. The molecule has 1 saturated heterocycles. The molecule has 19 heavy (non-hydrogen) atoms. The van der Waals surface area contributed by atoms with E-state index in [9.17, 15) is 9.59 Å². The minimum Gasteiger partial charge on any atom is -0.481 e. The average molecular weight is 262 g/mol. The minimum absolute atomic E-state index is 0.0725. The first-order valence-electron chi connectivity index (χ1n) is 6.33. The highest BCUT2D eigenvalue weighted by atomic mass is 16.4. The largest absolute Gasteiger partial charge is 0.481 e. The molecule has 2 rings (SSSR count). The number of rotatable bonds is 3. The number of piperazine rings is 1. The Bertz CT molecular complexity index is 484. The van der Waals surface area contributed by atoms with E-state index >= 15 is 0 Å². The number of amides is 1. The Morgan fingerprint density at radius 2 is 2.05 bits per heavy atom. The number of hydrogen-bond acceptors (Lipinski definition) is 3. The number of carbonyl (C=O) groups excluding carboxylic acids is 1. The Morgan fingerprint density at radius 1 is 1.42 bits per heavy atom. The third-order valence-corrected chi connectivity index (χ3v) is 3.23. The van der Waals surface area contributed by atoms with Crippen LogP contribution < -0.4 is 10.2 Å². The van der Waals surface area contributed by atoms with E-state index in [-0.39, 0.29) is 18.4 Å². The number of nitrogens with one attached hydrogen (secondary N) is 1. The molecule has 0 radical (unpaired) electrons. The second-order valence-electron chi connectivity index (χ2n) is 5.00. The predicted octanol–water partition coefficient (Wildman–Crippen LogP) is 1.16. The van der Waals surface area contributed by atoms with Gasteiger partial charge in [-0.1, -0.05) is 17.7 Å². The molecule has 102 valence electrons. The van der Waals surface area contributed by atoms with Crippen molar-refractivity contribution in [1.29, 1.82) is 0 Å². The van der Waals surface area contributed by atoms with E-state index in [1.54, 1.807) is 4.90 Å². The van der Waals surface area contributed by atoms with E-state index in [1.807, 2.05) is 38.1 Å². The first kappa shape index (κ1) is 13.5. The van der Waals surface area contributed by atoms with Crippen molar-refractivity contribution < 1.29 is 14.7 Å². The highest BCUT2D eigenvalue weighted by Crippen LogP contribution is 2.20. The molecular formula is C14H18N2O3. The van der Waals surface area contributed by atoms with E-state index < -0.39 is 12.0 Å². The van der Waals surface area contributed by atoms with Crippen LogP contribution >= 0.6 is 0 Å². The van der Waals surface area contributed by atoms with Crippen molar-refractivity contribution in [3.63, 3.8) is 0 Å². The lowest BCUT2D eigenvalue weighted by Gasteiger charge is -2.36. The number of nitrogens with zero attached hydrogens (tertiary/aromatic N) is 1. The molecule has 1 aromatic rings. The summed E-state index contributed by atoms with van der Waals surface area (Å²) in [5, 5.41) is 11.9. The number of aliphatic carboxylic acids is 1. The highest BCUT2D eigenvalue weighted by molar-refractivity contribution is 5.99. The summed E-state index contributed by atoms with van der Waals surface area (Å²) in [5.41, 5.74) is 1.95. The molecule has 2 N–H and O–H groups in total. The lowest BCUT2D eigenvalue weighted by atomic mass is 10.1. The molecule has 1 amide bonds. The van der Waals surface area contributed by atoms with Gasteiger partial charge in [0.25, 0.3) is 0 Å². The second kappa shape index (κ2) is 5.40. The van der Waals surface area contributed by atoms with Crippen molar-refractivity contribution in [2.75, 3.05) is 11.4 Å². The monoisotopic (exact) mass is 262 g/mol. The Labute approximate surface area is 112 Å². The lowest BCUT2D eigenvalue weighted by Crippen LogP contribution is -2.59. The molecule has 1 aliphatic rings. The molecule has 1 fully saturated rings. The third kappa shape index (κ3) is 3.12. The number of carbonyl (C=O) groups is 2. The normalized spacial score (nSPS) is 23.5. The molecular weight excluding hydrogens is 244 g/mol. The van der Waals surface area contributed by atoms with Gasteiger partial charge in [-0.25, -0.2) is 0 Å². The molecule has 1 aliphatic heterocycles. The molecule has 0 saturated carbocycles. The Kier molecular flexibility index (Phi) is 3.85. The van der Waals surface area contributed by atoms with Gasteiger partial charge in [0.15, 0.2) is 0 Å². The van der Waals surface area contributed by atoms with Gasteiger partial charge in [0.1, 0.15) is 0 Å². The van der Waals surface area contributed by atoms with Crippen molar-refractivity contribution in [3.05, 3.63) is 29.8 Å². The standard InChI is InChI=1S/C14H18N2O3/c1-9-3-5-11(6-4-9)16-8-10(2)15-12(14(16)19)7-13(17)18/h3-6,10,12,15H,7-8H2,1-2H3,(H,17,18). The topological polar surface area (TPSA) is 69.6 Å². The third-order valence-electron chi connectivity index (χ3n) is 3.23. The van der Waals surface area contributed by atoms with E-state index in [1.165, 1.54) is 0 Å². The van der Waals surface area contributed by atoms with Gasteiger partial charge < -0.3 is 15.3 Å². The van der Waals surface area contributed by atoms with Gasteiger partial charge >= 0.3 is 5.97 Å². The first-order valence-corrected chi connectivity index (χ1v) is 6.33. The minimum atomic E-state index is -0.969. The summed E-state index contributed by atoms with van der Waals surface area (Å²) in [7, 11) is 0. The van der Waals surface area contributed by atoms with Gasteiger partial charge in [-0.05, 0) is 26.0 Å². The molecule has 2 unspecified atom stereocenters. The lowest BCUT2D eigenvalue weighted by molar-refractivity contribution is -0.140. The van der Waals surface area contributed by atoms with Crippen molar-refractivity contribution >= 4 is 17.6 Å². The molecule has 1 heterocycles. The fourth-order valence-corrected chi connectivity index (χ4v) is 2.30. The summed E-state index contributed by atoms with van der Waals surface area (Å²) >= 11 is 0. The van der Waals surface area contributed by atoms with E-state index in [2.05, 4.69) is 5.32 Å². The predicted molar refractivity (Wildman–Crippen MR) is 72.2 cm³/mol. The SMILES string of the molecule is Cc1ccc(N2CC(C)NC(CC(=O)O)C2=O)cc1. The van der Waals surface area contributed by atoms with Gasteiger partial charge in [-0.2, -0.15) is 0 Å². The maximum absolute atomic E-state index is 12.3. The summed E-state index contributed by atoms with van der Waals surface area (Å²) in [6.07, 6.45) is -0.189. The van der Waals surface area contributed by atoms with Gasteiger partial charge in [-0.3, -0.25) is 9.59 Å². The zero-order chi connectivity index (χ0) is 14.0. The molecule has 0 aliphatic carbocycles. The summed E-state index contributed by atoms with van der Waals surface area (Å²) in [6, 6.07) is 7.10. The van der Waals surface area contributed by atoms with Crippen LogP contribution in [0.15, 0.2) is 24.3 Å². The molecule has 1 aromatic carbocycles. The van der Waals surface area contributed by atoms with E-state index in [0.717, 1.165) is 11.3 Å². The summed E-state index contributed by atoms with van der Waals surface area (Å²) in [4.78, 5) is 24.7. The van der Waals surface area contributed by atoms with Crippen LogP contribution in [0.4, 0.5) is 5.69 Å². The average Bonchev–Trinajstić information content (AvgIpc) is 2.34. The van der Waals surface area contributed by atoms with Crippen LogP contribution in [0.3, 0.4) is 0 Å². The Balaban J connectivity index is 2.21. The zero-order valence-electron chi connectivity index (χ0n) is 11.1. The number of benzene rings is 1. The van der Waals surface area contributed by atoms with Crippen molar-refractivity contribution in [2.45, 2.75) is 32.4 Å². The maximum atomic E-state index is 12.3. The smallest absolute Gasteiger partial charge is 0.305 e. The number of aryl methyl sites for hydroxylation is 1. The highest BCUT2D eigenvalue weighted by Gasteiger charge is 2.33. The van der Waals surface area contributed by atoms with Crippen molar-refractivity contribution in [1.82, 2.24) is 5.32 Å². The number of hydrogen-bond donors (Lipinski definition) is 2. The number of carboxylic acids is 1. The van der Waals surface area contributed by atoms with Crippen LogP contribution in [0, 0.1) is 6.92 Å². The molecule has 2 atom stereocenters. The van der Waals surface area contributed by atoms with Crippen LogP contribution in [0.2, 0.25) is 0 Å². The molecule has 5 heteroatoms. The van der Waals surface area contributed by atoms with Gasteiger partial charge in [-0.15, -0.1) is 0 Å². The molecule has 5 nitrogen and oxygen atoms in total. The van der Waals surface area contributed by atoms with E-state index in [4.69, 9.17) is 5.11 Å². The van der Waals surface area contributed by atoms with Crippen LogP contribution in [0.5, 0.6) is 0 Å². The second-order valence-corrected chi connectivity index (χ2v) is 5.00. The number of carboxylic acid groups (broad SMARTS) is 1. The van der Waals surface area contributed by atoms with Crippen LogP contribution in [0.1, 0.15) is 18.9 Å². The quantitative estimate of drug-likeness (QED) is 0.857. The molecule has 0 aromatic heterocycles.